The third-order valence-corrected chi connectivity index (χ3v) is 4.08. The van der Waals surface area contributed by atoms with E-state index < -0.39 is 0 Å². The van der Waals surface area contributed by atoms with Crippen molar-refractivity contribution in [1.29, 1.82) is 0 Å². The average molecular weight is 345 g/mol. The van der Waals surface area contributed by atoms with Gasteiger partial charge in [0.2, 0.25) is 0 Å². The van der Waals surface area contributed by atoms with Crippen LogP contribution < -0.4 is 4.74 Å². The molecule has 0 unspecified atom stereocenters. The molecular weight excluding hydrogens is 328 g/mol. The minimum absolute atomic E-state index is 0.614. The summed E-state index contributed by atoms with van der Waals surface area (Å²) in [5.41, 5.74) is 3.51. The largest absolute Gasteiger partial charge is 0.493 e. The van der Waals surface area contributed by atoms with E-state index in [0.717, 1.165) is 28.1 Å². The molecule has 108 valence electrons. The second kappa shape index (κ2) is 5.90. The van der Waals surface area contributed by atoms with Gasteiger partial charge in [0.15, 0.2) is 0 Å². The standard InChI is InChI=1S/C17H17BrN2O/c1-12-6-8-14(9-7-12)21-11-10-16-19-17(18)15-5-3-4-13(2)20(15)16/h3-9H,10-11H2,1-2H3. The van der Waals surface area contributed by atoms with Crippen LogP contribution in [0.5, 0.6) is 5.75 Å². The van der Waals surface area contributed by atoms with Gasteiger partial charge in [-0.3, -0.25) is 4.40 Å². The van der Waals surface area contributed by atoms with E-state index in [1.54, 1.807) is 0 Å². The lowest BCUT2D eigenvalue weighted by Gasteiger charge is -2.07. The van der Waals surface area contributed by atoms with Crippen molar-refractivity contribution >= 4 is 21.4 Å². The normalized spacial score (nSPS) is 11.0. The quantitative estimate of drug-likeness (QED) is 0.703. The smallest absolute Gasteiger partial charge is 0.132 e. The van der Waals surface area contributed by atoms with E-state index in [4.69, 9.17) is 4.74 Å². The number of rotatable bonds is 4. The van der Waals surface area contributed by atoms with Crippen LogP contribution in [0, 0.1) is 13.8 Å². The van der Waals surface area contributed by atoms with E-state index in [1.807, 2.05) is 18.2 Å². The highest BCUT2D eigenvalue weighted by molar-refractivity contribution is 9.10. The molecule has 0 saturated carbocycles. The second-order valence-electron chi connectivity index (χ2n) is 5.12. The highest BCUT2D eigenvalue weighted by atomic mass is 79.9. The molecule has 0 fully saturated rings. The molecule has 2 aromatic heterocycles. The van der Waals surface area contributed by atoms with Gasteiger partial charge < -0.3 is 4.74 Å². The first-order valence-electron chi connectivity index (χ1n) is 6.97. The van der Waals surface area contributed by atoms with Gasteiger partial charge in [-0.1, -0.05) is 23.8 Å². The van der Waals surface area contributed by atoms with E-state index >= 15 is 0 Å². The first-order valence-corrected chi connectivity index (χ1v) is 7.76. The van der Waals surface area contributed by atoms with Crippen molar-refractivity contribution in [3.63, 3.8) is 0 Å². The topological polar surface area (TPSA) is 26.5 Å². The van der Waals surface area contributed by atoms with Gasteiger partial charge in [-0.25, -0.2) is 4.98 Å². The molecule has 0 saturated heterocycles. The fourth-order valence-corrected chi connectivity index (χ4v) is 2.92. The number of hydrogen-bond acceptors (Lipinski definition) is 2. The lowest BCUT2D eigenvalue weighted by Crippen LogP contribution is -2.06. The minimum atomic E-state index is 0.614. The van der Waals surface area contributed by atoms with Crippen molar-refractivity contribution in [1.82, 2.24) is 9.38 Å². The maximum absolute atomic E-state index is 5.79. The second-order valence-corrected chi connectivity index (χ2v) is 5.87. The van der Waals surface area contributed by atoms with E-state index in [-0.39, 0.29) is 0 Å². The Morgan fingerprint density at radius 3 is 2.62 bits per heavy atom. The van der Waals surface area contributed by atoms with E-state index in [9.17, 15) is 0 Å². The molecule has 0 bridgehead atoms. The summed E-state index contributed by atoms with van der Waals surface area (Å²) in [6, 6.07) is 14.3. The van der Waals surface area contributed by atoms with Gasteiger partial charge in [-0.05, 0) is 54.0 Å². The molecular formula is C17H17BrN2O. The van der Waals surface area contributed by atoms with Crippen LogP contribution in [-0.2, 0) is 6.42 Å². The van der Waals surface area contributed by atoms with Crippen LogP contribution in [0.15, 0.2) is 47.1 Å². The van der Waals surface area contributed by atoms with Gasteiger partial charge in [0.05, 0.1) is 12.1 Å². The fourth-order valence-electron chi connectivity index (χ4n) is 2.40. The Morgan fingerprint density at radius 2 is 1.86 bits per heavy atom. The fraction of sp³-hybridized carbons (Fsp3) is 0.235. The molecule has 2 heterocycles. The highest BCUT2D eigenvalue weighted by Crippen LogP contribution is 2.21. The molecule has 0 N–H and O–H groups in total. The number of aromatic nitrogens is 2. The summed E-state index contributed by atoms with van der Waals surface area (Å²) in [6.07, 6.45) is 0.769. The van der Waals surface area contributed by atoms with Crippen LogP contribution in [0.1, 0.15) is 17.1 Å². The number of aryl methyl sites for hydroxylation is 2. The maximum atomic E-state index is 5.79. The molecule has 0 aliphatic rings. The van der Waals surface area contributed by atoms with Crippen LogP contribution in [0.4, 0.5) is 0 Å². The van der Waals surface area contributed by atoms with Crippen molar-refractivity contribution in [3.8, 4) is 5.75 Å². The molecule has 0 radical (unpaired) electrons. The van der Waals surface area contributed by atoms with Gasteiger partial charge in [-0.15, -0.1) is 0 Å². The molecule has 21 heavy (non-hydrogen) atoms. The monoisotopic (exact) mass is 344 g/mol. The lowest BCUT2D eigenvalue weighted by atomic mass is 10.2. The molecule has 1 aromatic carbocycles. The Kier molecular flexibility index (Phi) is 3.97. The average Bonchev–Trinajstić information content (AvgIpc) is 2.79. The van der Waals surface area contributed by atoms with Crippen LogP contribution >= 0.6 is 15.9 Å². The highest BCUT2D eigenvalue weighted by Gasteiger charge is 2.10. The van der Waals surface area contributed by atoms with Crippen molar-refractivity contribution in [2.24, 2.45) is 0 Å². The molecule has 3 aromatic rings. The number of nitrogens with zero attached hydrogens (tertiary/aromatic N) is 2. The van der Waals surface area contributed by atoms with Gasteiger partial charge >= 0.3 is 0 Å². The Hall–Kier alpha value is -1.81. The summed E-state index contributed by atoms with van der Waals surface area (Å²) in [6.45, 7) is 4.77. The zero-order valence-electron chi connectivity index (χ0n) is 12.1. The maximum Gasteiger partial charge on any atom is 0.132 e. The minimum Gasteiger partial charge on any atom is -0.493 e. The molecule has 4 heteroatoms. The van der Waals surface area contributed by atoms with Crippen molar-refractivity contribution in [2.45, 2.75) is 20.3 Å². The van der Waals surface area contributed by atoms with Crippen LogP contribution in [0.25, 0.3) is 5.52 Å². The Morgan fingerprint density at radius 1 is 1.10 bits per heavy atom. The van der Waals surface area contributed by atoms with E-state index in [2.05, 4.69) is 63.4 Å². The van der Waals surface area contributed by atoms with E-state index in [0.29, 0.717) is 6.61 Å². The summed E-state index contributed by atoms with van der Waals surface area (Å²) in [7, 11) is 0. The first kappa shape index (κ1) is 14.1. The molecule has 0 spiro atoms. The molecule has 0 atom stereocenters. The summed E-state index contributed by atoms with van der Waals surface area (Å²) in [5, 5.41) is 0. The number of benzene rings is 1. The third-order valence-electron chi connectivity index (χ3n) is 3.50. The number of imidazole rings is 1. The molecule has 3 rings (SSSR count). The van der Waals surface area contributed by atoms with Crippen molar-refractivity contribution in [2.75, 3.05) is 6.61 Å². The van der Waals surface area contributed by atoms with Gasteiger partial charge in [0.1, 0.15) is 16.2 Å². The SMILES string of the molecule is Cc1ccc(OCCc2nc(Br)c3cccc(C)n23)cc1. The number of ether oxygens (including phenoxy) is 1. The van der Waals surface area contributed by atoms with Crippen LogP contribution in [0.3, 0.4) is 0 Å². The number of fused-ring (bicyclic) bond motifs is 1. The molecule has 3 nitrogen and oxygen atoms in total. The molecule has 0 aliphatic heterocycles. The lowest BCUT2D eigenvalue weighted by molar-refractivity contribution is 0.318. The predicted molar refractivity (Wildman–Crippen MR) is 88.0 cm³/mol. The zero-order valence-corrected chi connectivity index (χ0v) is 13.7. The number of halogens is 1. The van der Waals surface area contributed by atoms with Gasteiger partial charge in [-0.2, -0.15) is 0 Å². The summed E-state index contributed by atoms with van der Waals surface area (Å²) in [5.74, 6) is 1.92. The Labute approximate surface area is 132 Å². The number of hydrogen-bond donors (Lipinski definition) is 0. The molecule has 0 aliphatic carbocycles. The summed E-state index contributed by atoms with van der Waals surface area (Å²) < 4.78 is 8.85. The van der Waals surface area contributed by atoms with E-state index in [1.165, 1.54) is 11.3 Å². The first-order chi connectivity index (χ1) is 10.1. The van der Waals surface area contributed by atoms with Crippen molar-refractivity contribution < 1.29 is 4.74 Å². The third kappa shape index (κ3) is 2.95. The zero-order chi connectivity index (χ0) is 14.8. The Bertz CT molecular complexity index is 762. The van der Waals surface area contributed by atoms with Crippen molar-refractivity contribution in [3.05, 3.63) is 64.1 Å². The summed E-state index contributed by atoms with van der Waals surface area (Å²) >= 11 is 3.52. The van der Waals surface area contributed by atoms with Gasteiger partial charge in [0.25, 0.3) is 0 Å². The van der Waals surface area contributed by atoms with Crippen LogP contribution in [-0.4, -0.2) is 16.0 Å². The summed E-state index contributed by atoms with van der Waals surface area (Å²) in [4.78, 5) is 4.60. The van der Waals surface area contributed by atoms with Gasteiger partial charge in [0, 0.05) is 12.1 Å². The number of pyridine rings is 1. The van der Waals surface area contributed by atoms with Crippen LogP contribution in [0.2, 0.25) is 0 Å². The Balaban J connectivity index is 1.75. The molecule has 0 amide bonds. The predicted octanol–water partition coefficient (Wildman–Crippen LogP) is 4.34.